The fourth-order valence-corrected chi connectivity index (χ4v) is 2.31. The molecule has 0 radical (unpaired) electrons. The summed E-state index contributed by atoms with van der Waals surface area (Å²) in [7, 11) is 1.40. The molecule has 1 aliphatic rings. The van der Waals surface area contributed by atoms with Crippen molar-refractivity contribution in [2.75, 3.05) is 20.3 Å². The van der Waals surface area contributed by atoms with E-state index in [0.717, 1.165) is 13.0 Å². The van der Waals surface area contributed by atoms with E-state index in [9.17, 15) is 4.79 Å². The molecule has 0 bridgehead atoms. The standard InChI is InChI=1S/C14H25NO3/c1-6-18-12-9-11(14(12,3)4)15-8-7-10(2)13(16)17-5/h7,11-12,15H,6,8-9H2,1-5H3/b10-7-. The molecule has 1 N–H and O–H groups in total. The van der Waals surface area contributed by atoms with Gasteiger partial charge in [0.25, 0.3) is 0 Å². The van der Waals surface area contributed by atoms with E-state index in [2.05, 4.69) is 23.9 Å². The van der Waals surface area contributed by atoms with E-state index in [1.807, 2.05) is 13.0 Å². The molecule has 0 aromatic carbocycles. The van der Waals surface area contributed by atoms with Crippen molar-refractivity contribution in [2.24, 2.45) is 5.41 Å². The first-order valence-electron chi connectivity index (χ1n) is 6.53. The Hall–Kier alpha value is -0.870. The fourth-order valence-electron chi connectivity index (χ4n) is 2.31. The highest BCUT2D eigenvalue weighted by Crippen LogP contribution is 2.42. The number of esters is 1. The summed E-state index contributed by atoms with van der Waals surface area (Å²) in [5.41, 5.74) is 0.798. The van der Waals surface area contributed by atoms with Crippen LogP contribution in [0.4, 0.5) is 0 Å². The van der Waals surface area contributed by atoms with Gasteiger partial charge in [0.05, 0.1) is 13.2 Å². The molecule has 2 atom stereocenters. The van der Waals surface area contributed by atoms with Gasteiger partial charge < -0.3 is 14.8 Å². The van der Waals surface area contributed by atoms with Crippen molar-refractivity contribution in [2.45, 2.75) is 46.3 Å². The van der Waals surface area contributed by atoms with Crippen molar-refractivity contribution in [3.63, 3.8) is 0 Å². The molecule has 0 aliphatic heterocycles. The van der Waals surface area contributed by atoms with Gasteiger partial charge in [-0.05, 0) is 20.3 Å². The van der Waals surface area contributed by atoms with Crippen LogP contribution in [-0.2, 0) is 14.3 Å². The molecule has 4 nitrogen and oxygen atoms in total. The number of carbonyl (C=O) groups excluding carboxylic acids is 1. The molecule has 1 saturated carbocycles. The van der Waals surface area contributed by atoms with Gasteiger partial charge in [-0.1, -0.05) is 19.9 Å². The highest BCUT2D eigenvalue weighted by molar-refractivity contribution is 5.87. The van der Waals surface area contributed by atoms with Crippen LogP contribution in [0.15, 0.2) is 11.6 Å². The monoisotopic (exact) mass is 255 g/mol. The highest BCUT2D eigenvalue weighted by atomic mass is 16.5. The smallest absolute Gasteiger partial charge is 0.333 e. The Morgan fingerprint density at radius 1 is 1.50 bits per heavy atom. The summed E-state index contributed by atoms with van der Waals surface area (Å²) in [5.74, 6) is -0.267. The normalized spacial score (nSPS) is 26.6. The van der Waals surface area contributed by atoms with Gasteiger partial charge in [-0.15, -0.1) is 0 Å². The Morgan fingerprint density at radius 2 is 2.17 bits per heavy atom. The van der Waals surface area contributed by atoms with Crippen LogP contribution in [-0.4, -0.2) is 38.4 Å². The van der Waals surface area contributed by atoms with Crippen LogP contribution in [0.5, 0.6) is 0 Å². The molecule has 0 aromatic heterocycles. The lowest BCUT2D eigenvalue weighted by Crippen LogP contribution is -2.60. The van der Waals surface area contributed by atoms with E-state index in [1.165, 1.54) is 7.11 Å². The zero-order valence-electron chi connectivity index (χ0n) is 12.1. The highest BCUT2D eigenvalue weighted by Gasteiger charge is 2.48. The number of rotatable bonds is 6. The lowest BCUT2D eigenvalue weighted by atomic mass is 9.64. The summed E-state index contributed by atoms with van der Waals surface area (Å²) in [6.45, 7) is 9.68. The zero-order valence-corrected chi connectivity index (χ0v) is 12.1. The third-order valence-corrected chi connectivity index (χ3v) is 3.83. The Bertz CT molecular complexity index is 323. The van der Waals surface area contributed by atoms with E-state index >= 15 is 0 Å². The first kappa shape index (κ1) is 15.2. The Balaban J connectivity index is 2.36. The van der Waals surface area contributed by atoms with Crippen molar-refractivity contribution < 1.29 is 14.3 Å². The summed E-state index contributed by atoms with van der Waals surface area (Å²) in [6, 6.07) is 0.441. The molecule has 1 aliphatic carbocycles. The topological polar surface area (TPSA) is 47.6 Å². The molecule has 1 fully saturated rings. The second-order valence-electron chi connectivity index (χ2n) is 5.34. The number of hydrogen-bond acceptors (Lipinski definition) is 4. The summed E-state index contributed by atoms with van der Waals surface area (Å²) in [5, 5.41) is 3.44. The molecular formula is C14H25NO3. The van der Waals surface area contributed by atoms with Gasteiger partial charge in [0.1, 0.15) is 0 Å². The van der Waals surface area contributed by atoms with Gasteiger partial charge in [0.15, 0.2) is 0 Å². The van der Waals surface area contributed by atoms with Crippen LogP contribution < -0.4 is 5.32 Å². The summed E-state index contributed by atoms with van der Waals surface area (Å²) < 4.78 is 10.3. The van der Waals surface area contributed by atoms with E-state index in [0.29, 0.717) is 24.3 Å². The largest absolute Gasteiger partial charge is 0.466 e. The average Bonchev–Trinajstić information content (AvgIpc) is 2.35. The van der Waals surface area contributed by atoms with E-state index < -0.39 is 0 Å². The minimum absolute atomic E-state index is 0.156. The van der Waals surface area contributed by atoms with Gasteiger partial charge in [-0.25, -0.2) is 4.79 Å². The fraction of sp³-hybridized carbons (Fsp3) is 0.786. The molecule has 0 spiro atoms. The Kier molecular flexibility index (Phi) is 5.35. The summed E-state index contributed by atoms with van der Waals surface area (Å²) in [4.78, 5) is 11.2. The molecule has 104 valence electrons. The van der Waals surface area contributed by atoms with E-state index in [-0.39, 0.29) is 11.4 Å². The van der Waals surface area contributed by atoms with E-state index in [4.69, 9.17) is 4.74 Å². The Morgan fingerprint density at radius 3 is 2.67 bits per heavy atom. The van der Waals surface area contributed by atoms with E-state index in [1.54, 1.807) is 6.92 Å². The van der Waals surface area contributed by atoms with Gasteiger partial charge in [0, 0.05) is 30.2 Å². The lowest BCUT2D eigenvalue weighted by Gasteiger charge is -2.51. The minimum atomic E-state index is -0.267. The first-order chi connectivity index (χ1) is 8.43. The number of ether oxygens (including phenoxy) is 2. The maximum Gasteiger partial charge on any atom is 0.333 e. The molecule has 2 unspecified atom stereocenters. The molecule has 0 saturated heterocycles. The SMILES string of the molecule is CCOC1CC(NC/C=C(/C)C(=O)OC)C1(C)C. The van der Waals surface area contributed by atoms with Crippen molar-refractivity contribution >= 4 is 5.97 Å². The van der Waals surface area contributed by atoms with Crippen molar-refractivity contribution in [1.82, 2.24) is 5.32 Å². The van der Waals surface area contributed by atoms with Crippen LogP contribution in [0.25, 0.3) is 0 Å². The molecule has 0 amide bonds. The molecular weight excluding hydrogens is 230 g/mol. The number of hydrogen-bond donors (Lipinski definition) is 1. The van der Waals surface area contributed by atoms with Crippen LogP contribution in [0, 0.1) is 5.41 Å². The van der Waals surface area contributed by atoms with Crippen molar-refractivity contribution in [3.8, 4) is 0 Å². The molecule has 1 rings (SSSR count). The van der Waals surface area contributed by atoms with Crippen LogP contribution >= 0.6 is 0 Å². The maximum atomic E-state index is 11.2. The van der Waals surface area contributed by atoms with Gasteiger partial charge in [-0.3, -0.25) is 0 Å². The Labute approximate surface area is 110 Å². The number of carbonyl (C=O) groups is 1. The number of nitrogens with one attached hydrogen (secondary N) is 1. The molecule has 4 heteroatoms. The predicted molar refractivity (Wildman–Crippen MR) is 71.4 cm³/mol. The van der Waals surface area contributed by atoms with Crippen molar-refractivity contribution in [3.05, 3.63) is 11.6 Å². The summed E-state index contributed by atoms with van der Waals surface area (Å²) in [6.07, 6.45) is 3.24. The third kappa shape index (κ3) is 3.33. The average molecular weight is 255 g/mol. The quantitative estimate of drug-likeness (QED) is 0.581. The lowest BCUT2D eigenvalue weighted by molar-refractivity contribution is -0.136. The number of methoxy groups -OCH3 is 1. The predicted octanol–water partition coefficient (Wildman–Crippen LogP) is 1.90. The molecule has 0 aromatic rings. The van der Waals surface area contributed by atoms with Crippen LogP contribution in [0.2, 0.25) is 0 Å². The van der Waals surface area contributed by atoms with Crippen molar-refractivity contribution in [1.29, 1.82) is 0 Å². The van der Waals surface area contributed by atoms with Crippen LogP contribution in [0.1, 0.15) is 34.1 Å². The van der Waals surface area contributed by atoms with Crippen LogP contribution in [0.3, 0.4) is 0 Å². The second-order valence-corrected chi connectivity index (χ2v) is 5.34. The maximum absolute atomic E-state index is 11.2. The van der Waals surface area contributed by atoms with Gasteiger partial charge in [0.2, 0.25) is 0 Å². The van der Waals surface area contributed by atoms with Gasteiger partial charge in [-0.2, -0.15) is 0 Å². The van der Waals surface area contributed by atoms with Gasteiger partial charge >= 0.3 is 5.97 Å². The third-order valence-electron chi connectivity index (χ3n) is 3.83. The second kappa shape index (κ2) is 6.34. The first-order valence-corrected chi connectivity index (χ1v) is 6.53. The molecule has 18 heavy (non-hydrogen) atoms. The summed E-state index contributed by atoms with van der Waals surface area (Å²) >= 11 is 0. The minimum Gasteiger partial charge on any atom is -0.466 e. The molecule has 0 heterocycles. The zero-order chi connectivity index (χ0) is 13.8.